The van der Waals surface area contributed by atoms with E-state index in [1.165, 1.54) is 11.3 Å². The highest BCUT2D eigenvalue weighted by Gasteiger charge is 2.34. The number of ketones is 1. The number of pyridine rings is 1. The van der Waals surface area contributed by atoms with Crippen LogP contribution in [0.5, 0.6) is 5.75 Å². The molecule has 1 aliphatic carbocycles. The zero-order valence-electron chi connectivity index (χ0n) is 11.8. The van der Waals surface area contributed by atoms with Crippen LogP contribution in [0.15, 0.2) is 24.5 Å². The van der Waals surface area contributed by atoms with Crippen molar-refractivity contribution in [3.05, 3.63) is 35.0 Å². The molecule has 0 aliphatic heterocycles. The molecule has 6 heteroatoms. The van der Waals surface area contributed by atoms with Gasteiger partial charge in [0.2, 0.25) is 0 Å². The third kappa shape index (κ3) is 2.85. The van der Waals surface area contributed by atoms with Gasteiger partial charge in [-0.25, -0.2) is 0 Å². The van der Waals surface area contributed by atoms with E-state index in [2.05, 4.69) is 10.3 Å². The van der Waals surface area contributed by atoms with Crippen molar-refractivity contribution >= 4 is 27.8 Å². The maximum Gasteiger partial charge on any atom is 0.178 e. The van der Waals surface area contributed by atoms with Crippen molar-refractivity contribution in [1.82, 2.24) is 4.98 Å². The van der Waals surface area contributed by atoms with Gasteiger partial charge in [0.1, 0.15) is 5.00 Å². The van der Waals surface area contributed by atoms with E-state index in [1.807, 2.05) is 12.1 Å². The Kier molecular flexibility index (Phi) is 3.79. The third-order valence-corrected chi connectivity index (χ3v) is 4.61. The molecule has 2 aromatic heterocycles. The molecule has 1 fully saturated rings. The summed E-state index contributed by atoms with van der Waals surface area (Å²) in [5, 5.41) is 4.07. The average Bonchev–Trinajstić information content (AvgIpc) is 3.30. The summed E-state index contributed by atoms with van der Waals surface area (Å²) in [5.74, 6) is 0.861. The highest BCUT2D eigenvalue weighted by molar-refractivity contribution is 7.19. The molecule has 2 aromatic rings. The minimum Gasteiger partial charge on any atom is -0.492 e. The zero-order chi connectivity index (χ0) is 14.8. The van der Waals surface area contributed by atoms with E-state index >= 15 is 0 Å². The van der Waals surface area contributed by atoms with Crippen molar-refractivity contribution in [2.75, 3.05) is 18.2 Å². The van der Waals surface area contributed by atoms with Gasteiger partial charge in [-0.2, -0.15) is 0 Å². The molecule has 0 aromatic carbocycles. The minimum atomic E-state index is 0.144. The Balaban J connectivity index is 1.80. The van der Waals surface area contributed by atoms with Gasteiger partial charge in [-0.1, -0.05) is 6.07 Å². The summed E-state index contributed by atoms with van der Waals surface area (Å²) in [6, 6.07) is 3.87. The second-order valence-corrected chi connectivity index (χ2v) is 6.08. The van der Waals surface area contributed by atoms with Crippen molar-refractivity contribution in [1.29, 1.82) is 0 Å². The highest BCUT2D eigenvalue weighted by Crippen LogP contribution is 2.46. The third-order valence-electron chi connectivity index (χ3n) is 3.45. The molecule has 3 N–H and O–H groups in total. The quantitative estimate of drug-likeness (QED) is 0.802. The van der Waals surface area contributed by atoms with Gasteiger partial charge >= 0.3 is 0 Å². The molecule has 110 valence electrons. The van der Waals surface area contributed by atoms with E-state index in [-0.39, 0.29) is 11.7 Å². The number of hydrogen-bond acceptors (Lipinski definition) is 6. The number of rotatable bonds is 6. The second-order valence-electron chi connectivity index (χ2n) is 5.06. The van der Waals surface area contributed by atoms with Crippen LogP contribution in [0.4, 0.5) is 10.7 Å². The van der Waals surface area contributed by atoms with Crippen LogP contribution in [0.3, 0.4) is 0 Å². The molecule has 0 saturated heterocycles. The van der Waals surface area contributed by atoms with Crippen molar-refractivity contribution < 1.29 is 9.53 Å². The lowest BCUT2D eigenvalue weighted by Crippen LogP contribution is -2.02. The van der Waals surface area contributed by atoms with E-state index in [0.717, 1.165) is 23.4 Å². The van der Waals surface area contributed by atoms with Crippen LogP contribution in [-0.2, 0) is 6.54 Å². The first-order valence-corrected chi connectivity index (χ1v) is 7.65. The standard InChI is InChI=1S/C15H17N3O2S/c1-20-13-11(16)14(12(19)10-4-5-10)21-15(13)18-8-9-3-2-6-17-7-9/h2-3,6-7,10,18H,4-5,8,16H2,1H3. The van der Waals surface area contributed by atoms with Crippen molar-refractivity contribution in [3.8, 4) is 5.75 Å². The molecule has 1 aliphatic rings. The first-order valence-electron chi connectivity index (χ1n) is 6.84. The first kappa shape index (κ1) is 13.9. The number of nitrogens with zero attached hydrogens (tertiary/aromatic N) is 1. The van der Waals surface area contributed by atoms with Crippen LogP contribution in [0.1, 0.15) is 28.1 Å². The molecule has 5 nitrogen and oxygen atoms in total. The predicted molar refractivity (Wildman–Crippen MR) is 83.9 cm³/mol. The fourth-order valence-corrected chi connectivity index (χ4v) is 3.25. The SMILES string of the molecule is COc1c(NCc2cccnc2)sc(C(=O)C2CC2)c1N. The number of nitrogens with one attached hydrogen (secondary N) is 1. The molecule has 21 heavy (non-hydrogen) atoms. The van der Waals surface area contributed by atoms with E-state index < -0.39 is 0 Å². The van der Waals surface area contributed by atoms with Crippen molar-refractivity contribution in [2.24, 2.45) is 5.92 Å². The minimum absolute atomic E-state index is 0.144. The van der Waals surface area contributed by atoms with Crippen LogP contribution >= 0.6 is 11.3 Å². The molecule has 0 spiro atoms. The number of anilines is 2. The Labute approximate surface area is 127 Å². The average molecular weight is 303 g/mol. The lowest BCUT2D eigenvalue weighted by atomic mass is 10.2. The maximum absolute atomic E-state index is 12.2. The number of carbonyl (C=O) groups excluding carboxylic acids is 1. The fraction of sp³-hybridized carbons (Fsp3) is 0.333. The van der Waals surface area contributed by atoms with E-state index in [9.17, 15) is 4.79 Å². The molecule has 3 rings (SSSR count). The summed E-state index contributed by atoms with van der Waals surface area (Å²) in [7, 11) is 1.57. The Morgan fingerprint density at radius 1 is 1.57 bits per heavy atom. The van der Waals surface area contributed by atoms with E-state index in [4.69, 9.17) is 10.5 Å². The van der Waals surface area contributed by atoms with Gasteiger partial charge in [-0.05, 0) is 24.5 Å². The lowest BCUT2D eigenvalue weighted by molar-refractivity contribution is 0.0972. The molecule has 1 saturated carbocycles. The van der Waals surface area contributed by atoms with Crippen LogP contribution in [-0.4, -0.2) is 17.9 Å². The van der Waals surface area contributed by atoms with Crippen LogP contribution in [0.2, 0.25) is 0 Å². The molecule has 0 amide bonds. The van der Waals surface area contributed by atoms with Gasteiger partial charge < -0.3 is 15.8 Å². The zero-order valence-corrected chi connectivity index (χ0v) is 12.6. The number of carbonyl (C=O) groups is 1. The van der Waals surface area contributed by atoms with Gasteiger partial charge in [-0.3, -0.25) is 9.78 Å². The Morgan fingerprint density at radius 3 is 3.00 bits per heavy atom. The van der Waals surface area contributed by atoms with Gasteiger partial charge in [0, 0.05) is 24.9 Å². The number of thiophene rings is 1. The number of methoxy groups -OCH3 is 1. The smallest absolute Gasteiger partial charge is 0.178 e. The molecule has 2 heterocycles. The summed E-state index contributed by atoms with van der Waals surface area (Å²) in [6.45, 7) is 0.612. The van der Waals surface area contributed by atoms with E-state index in [1.54, 1.807) is 19.5 Å². The second kappa shape index (κ2) is 5.73. The Hall–Kier alpha value is -2.08. The number of ether oxygens (including phenoxy) is 1. The number of aromatic nitrogens is 1. The van der Waals surface area contributed by atoms with Crippen LogP contribution in [0.25, 0.3) is 0 Å². The number of nitrogens with two attached hydrogens (primary N) is 1. The molecular formula is C15H17N3O2S. The Bertz CT molecular complexity index is 650. The lowest BCUT2D eigenvalue weighted by Gasteiger charge is -2.06. The topological polar surface area (TPSA) is 77.2 Å². The normalized spacial score (nSPS) is 14.0. The predicted octanol–water partition coefficient (Wildman–Crippen LogP) is 2.94. The number of Topliss-reactive ketones (excluding diaryl/α,β-unsaturated/α-hetero) is 1. The molecular weight excluding hydrogens is 286 g/mol. The van der Waals surface area contributed by atoms with Crippen LogP contribution in [0, 0.1) is 5.92 Å². The largest absolute Gasteiger partial charge is 0.492 e. The first-order chi connectivity index (χ1) is 10.2. The van der Waals surface area contributed by atoms with Gasteiger partial charge in [0.05, 0.1) is 17.7 Å². The van der Waals surface area contributed by atoms with Gasteiger partial charge in [0.25, 0.3) is 0 Å². The highest BCUT2D eigenvalue weighted by atomic mass is 32.1. The Morgan fingerprint density at radius 2 is 2.38 bits per heavy atom. The van der Waals surface area contributed by atoms with Gasteiger partial charge in [0.15, 0.2) is 11.5 Å². The van der Waals surface area contributed by atoms with Crippen molar-refractivity contribution in [3.63, 3.8) is 0 Å². The summed E-state index contributed by atoms with van der Waals surface area (Å²) < 4.78 is 5.35. The summed E-state index contributed by atoms with van der Waals surface area (Å²) >= 11 is 1.38. The number of nitrogen functional groups attached to an aromatic ring is 1. The molecule has 0 unspecified atom stereocenters. The summed E-state index contributed by atoms with van der Waals surface area (Å²) in [5.41, 5.74) is 7.57. The van der Waals surface area contributed by atoms with Crippen LogP contribution < -0.4 is 15.8 Å². The van der Waals surface area contributed by atoms with Gasteiger partial charge in [-0.15, -0.1) is 11.3 Å². The van der Waals surface area contributed by atoms with E-state index in [0.29, 0.717) is 22.9 Å². The summed E-state index contributed by atoms with van der Waals surface area (Å²) in [4.78, 5) is 16.9. The number of hydrogen-bond donors (Lipinski definition) is 2. The maximum atomic E-state index is 12.2. The molecule has 0 radical (unpaired) electrons. The monoisotopic (exact) mass is 303 g/mol. The fourth-order valence-electron chi connectivity index (χ4n) is 2.15. The molecule has 0 atom stereocenters. The summed E-state index contributed by atoms with van der Waals surface area (Å²) in [6.07, 6.45) is 5.47. The molecule has 0 bridgehead atoms. The van der Waals surface area contributed by atoms with Crippen molar-refractivity contribution in [2.45, 2.75) is 19.4 Å².